The van der Waals surface area contributed by atoms with Gasteiger partial charge in [-0.3, -0.25) is 14.3 Å². The van der Waals surface area contributed by atoms with Crippen molar-refractivity contribution in [1.29, 1.82) is 0 Å². The molecular weight excluding hydrogens is 256 g/mol. The molecule has 1 unspecified atom stereocenters. The van der Waals surface area contributed by atoms with Crippen molar-refractivity contribution < 1.29 is 20.1 Å². The number of H-pyrrole nitrogens is 1. The summed E-state index contributed by atoms with van der Waals surface area (Å²) >= 11 is 0. The Morgan fingerprint density at radius 1 is 1.53 bits per heavy atom. The first-order valence-electron chi connectivity index (χ1n) is 5.39. The summed E-state index contributed by atoms with van der Waals surface area (Å²) < 4.78 is 6.11. The Hall–Kier alpha value is -1.92. The molecule has 4 atom stereocenters. The van der Waals surface area contributed by atoms with Gasteiger partial charge in [0, 0.05) is 12.3 Å². The van der Waals surface area contributed by atoms with Crippen LogP contribution in [0.2, 0.25) is 0 Å². The fourth-order valence-electron chi connectivity index (χ4n) is 1.93. The zero-order valence-electron chi connectivity index (χ0n) is 9.68. The third kappa shape index (κ3) is 1.98. The fourth-order valence-corrected chi connectivity index (χ4v) is 1.93. The van der Waals surface area contributed by atoms with Gasteiger partial charge in [0.1, 0.15) is 12.2 Å². The molecule has 1 saturated heterocycles. The number of hydrogen-bond donors (Lipinski definition) is 4. The molecule has 0 saturated carbocycles. The minimum atomic E-state index is -1.79. The summed E-state index contributed by atoms with van der Waals surface area (Å²) in [6, 6.07) is 1.05. The molecule has 0 aromatic carbocycles. The lowest BCUT2D eigenvalue weighted by Gasteiger charge is -2.23. The van der Waals surface area contributed by atoms with E-state index in [0.717, 1.165) is 16.8 Å². The molecule has 0 amide bonds. The van der Waals surface area contributed by atoms with E-state index in [1.807, 2.05) is 4.98 Å². The van der Waals surface area contributed by atoms with Gasteiger partial charge >= 0.3 is 5.69 Å². The Morgan fingerprint density at radius 2 is 2.21 bits per heavy atom. The van der Waals surface area contributed by atoms with Gasteiger partial charge in [0.2, 0.25) is 0 Å². The van der Waals surface area contributed by atoms with Crippen LogP contribution < -0.4 is 11.2 Å². The molecule has 1 aliphatic rings. The number of nitrogens with zero attached hydrogens (tertiary/aromatic N) is 1. The Morgan fingerprint density at radius 3 is 2.68 bits per heavy atom. The Bertz CT molecular complexity index is 629. The summed E-state index contributed by atoms with van der Waals surface area (Å²) in [5, 5.41) is 28.9. The van der Waals surface area contributed by atoms with Crippen LogP contribution in [-0.2, 0) is 4.74 Å². The zero-order chi connectivity index (χ0) is 14.2. The lowest BCUT2D eigenvalue weighted by Crippen LogP contribution is -2.45. The second-order valence-corrected chi connectivity index (χ2v) is 4.15. The number of hydrogen-bond acceptors (Lipinski definition) is 6. The minimum Gasteiger partial charge on any atom is -0.392 e. The van der Waals surface area contributed by atoms with Gasteiger partial charge in [-0.2, -0.15) is 0 Å². The van der Waals surface area contributed by atoms with Crippen molar-refractivity contribution in [3.63, 3.8) is 0 Å². The first-order valence-corrected chi connectivity index (χ1v) is 5.39. The molecule has 1 aromatic heterocycles. The molecule has 0 radical (unpaired) electrons. The third-order valence-corrected chi connectivity index (χ3v) is 3.03. The average molecular weight is 268 g/mol. The SMILES string of the molecule is C#C[C@]1(CO)O[C@@H](n2ccc(=O)[nH]c2=O)C(O)[C@H]1O. The fraction of sp³-hybridized carbons (Fsp3) is 0.455. The maximum Gasteiger partial charge on any atom is 0.330 e. The number of aliphatic hydroxyl groups is 3. The molecule has 102 valence electrons. The quantitative estimate of drug-likeness (QED) is 0.428. The van der Waals surface area contributed by atoms with E-state index in [1.165, 1.54) is 0 Å². The van der Waals surface area contributed by atoms with E-state index in [2.05, 4.69) is 5.92 Å². The van der Waals surface area contributed by atoms with E-state index >= 15 is 0 Å². The van der Waals surface area contributed by atoms with E-state index in [0.29, 0.717) is 0 Å². The van der Waals surface area contributed by atoms with E-state index < -0.39 is 41.9 Å². The molecule has 1 fully saturated rings. The van der Waals surface area contributed by atoms with E-state index in [1.54, 1.807) is 0 Å². The van der Waals surface area contributed by atoms with Gasteiger partial charge in [-0.1, -0.05) is 5.92 Å². The maximum atomic E-state index is 11.6. The van der Waals surface area contributed by atoms with E-state index in [4.69, 9.17) is 11.2 Å². The van der Waals surface area contributed by atoms with Crippen molar-refractivity contribution in [3.8, 4) is 12.3 Å². The molecule has 19 heavy (non-hydrogen) atoms. The van der Waals surface area contributed by atoms with Crippen LogP contribution in [0.25, 0.3) is 0 Å². The van der Waals surface area contributed by atoms with Gasteiger partial charge in [0.05, 0.1) is 6.61 Å². The molecular formula is C11H12N2O6. The first-order chi connectivity index (χ1) is 8.95. The summed E-state index contributed by atoms with van der Waals surface area (Å²) in [6.07, 6.45) is 1.90. The van der Waals surface area contributed by atoms with Crippen LogP contribution in [-0.4, -0.2) is 49.3 Å². The van der Waals surface area contributed by atoms with Crippen molar-refractivity contribution >= 4 is 0 Å². The maximum absolute atomic E-state index is 11.6. The molecule has 8 nitrogen and oxygen atoms in total. The second kappa shape index (κ2) is 4.64. The third-order valence-electron chi connectivity index (χ3n) is 3.03. The molecule has 0 spiro atoms. The molecule has 0 aliphatic carbocycles. The van der Waals surface area contributed by atoms with Crippen molar-refractivity contribution in [2.24, 2.45) is 0 Å². The Kier molecular flexibility index (Phi) is 3.30. The van der Waals surface area contributed by atoms with Crippen LogP contribution in [0.15, 0.2) is 21.9 Å². The Balaban J connectivity index is 2.46. The number of ether oxygens (including phenoxy) is 1. The number of nitrogens with one attached hydrogen (secondary N) is 1. The number of aromatic amines is 1. The van der Waals surface area contributed by atoms with Gasteiger partial charge in [0.15, 0.2) is 11.8 Å². The summed E-state index contributed by atoms with van der Waals surface area (Å²) in [5.41, 5.74) is -3.23. The monoisotopic (exact) mass is 268 g/mol. The van der Waals surface area contributed by atoms with Crippen molar-refractivity contribution in [2.75, 3.05) is 6.61 Å². The average Bonchev–Trinajstić information content (AvgIpc) is 2.64. The summed E-state index contributed by atoms with van der Waals surface area (Å²) in [6.45, 7) is -0.726. The largest absolute Gasteiger partial charge is 0.392 e. The number of terminal acetylenes is 1. The van der Waals surface area contributed by atoms with Crippen LogP contribution in [0.5, 0.6) is 0 Å². The van der Waals surface area contributed by atoms with Crippen molar-refractivity contribution in [2.45, 2.75) is 24.0 Å². The van der Waals surface area contributed by atoms with E-state index in [9.17, 15) is 24.9 Å². The first kappa shape index (κ1) is 13.5. The summed E-state index contributed by atoms with van der Waals surface area (Å²) in [5.74, 6) is 2.07. The standard InChI is InChI=1S/C11H12N2O6/c1-2-11(5-14)8(17)7(16)9(19-11)13-4-3-6(15)12-10(13)18/h1,3-4,7-9,14,16-17H,5H2,(H,12,15,18)/t7?,8-,9-,11-/m1/s1. The molecule has 8 heteroatoms. The molecule has 1 aromatic rings. The molecule has 2 heterocycles. The summed E-state index contributed by atoms with van der Waals surface area (Å²) in [7, 11) is 0. The lowest BCUT2D eigenvalue weighted by atomic mass is 9.97. The Labute approximate surface area is 106 Å². The highest BCUT2D eigenvalue weighted by atomic mass is 16.6. The summed E-state index contributed by atoms with van der Waals surface area (Å²) in [4.78, 5) is 24.5. The molecule has 2 rings (SSSR count). The predicted octanol–water partition coefficient (Wildman–Crippen LogP) is -2.85. The zero-order valence-corrected chi connectivity index (χ0v) is 9.68. The van der Waals surface area contributed by atoms with Crippen molar-refractivity contribution in [1.82, 2.24) is 9.55 Å². The molecule has 4 N–H and O–H groups in total. The highest BCUT2D eigenvalue weighted by Crippen LogP contribution is 2.35. The van der Waals surface area contributed by atoms with Gasteiger partial charge in [0.25, 0.3) is 5.56 Å². The van der Waals surface area contributed by atoms with Gasteiger partial charge < -0.3 is 20.1 Å². The van der Waals surface area contributed by atoms with Gasteiger partial charge in [-0.25, -0.2) is 4.79 Å². The van der Waals surface area contributed by atoms with Crippen molar-refractivity contribution in [3.05, 3.63) is 33.1 Å². The molecule has 1 aliphatic heterocycles. The second-order valence-electron chi connectivity index (χ2n) is 4.15. The van der Waals surface area contributed by atoms with Crippen LogP contribution >= 0.6 is 0 Å². The van der Waals surface area contributed by atoms with Gasteiger partial charge in [-0.15, -0.1) is 6.42 Å². The predicted molar refractivity (Wildman–Crippen MR) is 62.1 cm³/mol. The normalized spacial score (nSPS) is 34.1. The van der Waals surface area contributed by atoms with Crippen LogP contribution in [0.1, 0.15) is 6.23 Å². The highest BCUT2D eigenvalue weighted by Gasteiger charge is 2.54. The van der Waals surface area contributed by atoms with E-state index in [-0.39, 0.29) is 0 Å². The van der Waals surface area contributed by atoms with Gasteiger partial charge in [-0.05, 0) is 0 Å². The van der Waals surface area contributed by atoms with Crippen LogP contribution in [0, 0.1) is 12.3 Å². The number of rotatable bonds is 2. The number of aromatic nitrogens is 2. The smallest absolute Gasteiger partial charge is 0.330 e. The lowest BCUT2D eigenvalue weighted by molar-refractivity contribution is -0.0936. The topological polar surface area (TPSA) is 125 Å². The van der Waals surface area contributed by atoms with Crippen LogP contribution in [0.4, 0.5) is 0 Å². The minimum absolute atomic E-state index is 0.611. The highest BCUT2D eigenvalue weighted by molar-refractivity contribution is 5.18. The van der Waals surface area contributed by atoms with Crippen LogP contribution in [0.3, 0.4) is 0 Å². The number of aliphatic hydroxyl groups excluding tert-OH is 3. The molecule has 0 bridgehead atoms.